The number of hydrogen-bond acceptors (Lipinski definition) is 28. The summed E-state index contributed by atoms with van der Waals surface area (Å²) in [5.74, 6) is 13.8. The van der Waals surface area contributed by atoms with Crippen molar-refractivity contribution in [3.05, 3.63) is 143 Å². The van der Waals surface area contributed by atoms with Gasteiger partial charge in [0, 0.05) is 243 Å². The number of amides is 2. The van der Waals surface area contributed by atoms with Crippen molar-refractivity contribution in [3.63, 3.8) is 0 Å². The van der Waals surface area contributed by atoms with Gasteiger partial charge in [-0.15, -0.1) is 0 Å². The van der Waals surface area contributed by atoms with E-state index in [1.807, 2.05) is 50.5 Å². The number of carbonyl (C=O) groups excluding carboxylic acids is 2. The molecule has 738 valence electrons. The van der Waals surface area contributed by atoms with Crippen molar-refractivity contribution in [2.75, 3.05) is 170 Å². The van der Waals surface area contributed by atoms with Gasteiger partial charge in [0.15, 0.2) is 0 Å². The molecule has 8 fully saturated rings. The van der Waals surface area contributed by atoms with E-state index in [9.17, 15) is 26.4 Å². The first kappa shape index (κ1) is 102. The van der Waals surface area contributed by atoms with Crippen LogP contribution in [0.3, 0.4) is 0 Å². The van der Waals surface area contributed by atoms with E-state index in [1.54, 1.807) is 9.80 Å². The molecular formula is C102H144N18O12S4. The first-order valence-corrected chi connectivity index (χ1v) is 53.7. The van der Waals surface area contributed by atoms with Gasteiger partial charge in [0.2, 0.25) is 35.6 Å². The number of anilines is 8. The van der Waals surface area contributed by atoms with Crippen molar-refractivity contribution >= 4 is 102 Å². The predicted octanol–water partition coefficient (Wildman–Crippen LogP) is 15.3. The summed E-state index contributed by atoms with van der Waals surface area (Å²) in [5.41, 5.74) is 7.55. The van der Waals surface area contributed by atoms with Gasteiger partial charge in [0.1, 0.15) is 90.3 Å². The van der Waals surface area contributed by atoms with E-state index >= 15 is 0 Å². The van der Waals surface area contributed by atoms with Gasteiger partial charge in [-0.1, -0.05) is 124 Å². The second kappa shape index (κ2) is 47.7. The lowest BCUT2D eigenvalue weighted by atomic mass is 10.0. The third-order valence-electron chi connectivity index (χ3n) is 27.2. The summed E-state index contributed by atoms with van der Waals surface area (Å²) in [6.45, 7) is 24.2. The number of ether oxygens (including phenoxy) is 6. The van der Waals surface area contributed by atoms with Gasteiger partial charge < -0.3 is 79.1 Å². The summed E-state index contributed by atoms with van der Waals surface area (Å²) < 4.78 is 86.6. The Morgan fingerprint density at radius 2 is 0.618 bits per heavy atom. The summed E-state index contributed by atoms with van der Waals surface area (Å²) in [6, 6.07) is 36.1. The number of para-hydroxylation sites is 2. The Kier molecular flexibility index (Phi) is 35.9. The highest BCUT2D eigenvalue weighted by molar-refractivity contribution is 7.86. The van der Waals surface area contributed by atoms with Gasteiger partial charge in [-0.25, -0.2) is 19.9 Å². The number of aromatic nitrogens is 8. The highest BCUT2D eigenvalue weighted by Gasteiger charge is 2.38. The SMILES string of the molecule is C.C.C.CC(C)c1ccc(OC2CCN(c3nc4c(c(NC5CCOCC5)n3)S(=O)CC4)CC2)cc1.CC(C)c1ccc(OC2CCN(c3nc4c(c(N[C@H]5CCC(=O)N(C)C5)n3)S(=O)CC4)CC2)cc1.CC(C)c1ccccc1OC1CCN(c2nc3c(c(N[C@H]4CCC(=O)N(C)C4)n2)S(=O)CC3)CC1.O=S1CCc2nc(N3CCC(Oc4ccccc4)CC3)nc(NC3CCOCC3)c21. The predicted molar refractivity (Wildman–Crippen MR) is 543 cm³/mol. The third kappa shape index (κ3) is 25.7. The Morgan fingerprint density at radius 3 is 0.919 bits per heavy atom. The van der Waals surface area contributed by atoms with Crippen LogP contribution in [0.1, 0.15) is 224 Å². The standard InChI is InChI=1S/2C26H35N5O3S.C25H34N4O3S.C22H28N4O3S.3CH4/c1-17(2)18-4-7-20(8-5-18)34-21-10-13-31(14-11-21)26-28-22-12-15-35(33)24(22)25(29-26)27-19-6-9-23(32)30(3)16-19;1-17(2)20-6-4-5-7-22(20)34-19-10-13-31(14-11-19)26-28-21-12-15-35(33)24(21)25(29-26)27-18-8-9-23(32)30(3)16-18;1-17(2)18-3-5-20(6-4-18)32-21-7-12-29(13-8-21)25-27-22-11-16-33(30)23(22)24(28-25)26-19-9-14-31-15-10-19;27-30-15-10-19-20(30)21(23-16-8-13-28-14-9-16)25-22(24-19)26-11-6-18(7-12-26)29-17-4-2-1-3-5-17;;;/h4-5,7-8,17,19,21H,6,9-16H2,1-3H3,(H,27,28,29);4-7,17-19H,8-16H2,1-3H3,(H,27,28,29);3-6,17,19,21H,7-16H2,1-2H3,(H,26,27,28);1-5,16,18H,6-15H2,(H,23,24,25);3*1H4/t19-,35?;18-,35?;;;;;/m00...../s1. The molecule has 8 saturated heterocycles. The topological polar surface area (TPSA) is 328 Å². The molecule has 4 aromatic carbocycles. The lowest BCUT2D eigenvalue weighted by Crippen LogP contribution is -2.43. The molecule has 0 spiro atoms. The minimum atomic E-state index is -1.08. The maximum absolute atomic E-state index is 12.7. The molecule has 0 bridgehead atoms. The molecule has 136 heavy (non-hydrogen) atoms. The fraction of sp³-hybridized carbons (Fsp3) is 0.588. The van der Waals surface area contributed by atoms with Crippen LogP contribution in [-0.4, -0.2) is 256 Å². The van der Waals surface area contributed by atoms with Gasteiger partial charge in [-0.2, -0.15) is 19.9 Å². The molecule has 4 unspecified atom stereocenters. The second-order valence-corrected chi connectivity index (χ2v) is 43.9. The highest BCUT2D eigenvalue weighted by atomic mass is 32.2. The van der Waals surface area contributed by atoms with E-state index in [0.29, 0.717) is 115 Å². The Bertz CT molecular complexity index is 5420. The number of fused-ring (bicyclic) bond motifs is 4. The maximum Gasteiger partial charge on any atom is 0.227 e. The third-order valence-corrected chi connectivity index (χ3v) is 33.1. The first-order chi connectivity index (χ1) is 64.6. The molecule has 12 aliphatic heterocycles. The number of likely N-dealkylation sites (N-methyl/N-ethyl adjacent to an activating group) is 2. The van der Waals surface area contributed by atoms with Gasteiger partial charge in [-0.05, 0) is 115 Å². The Labute approximate surface area is 814 Å². The molecule has 8 aromatic rings. The van der Waals surface area contributed by atoms with E-state index in [0.717, 1.165) is 270 Å². The normalized spacial score (nSPS) is 22.2. The van der Waals surface area contributed by atoms with Crippen molar-refractivity contribution in [1.29, 1.82) is 0 Å². The van der Waals surface area contributed by atoms with Crippen LogP contribution >= 0.6 is 0 Å². The molecule has 4 N–H and O–H groups in total. The zero-order valence-corrected chi connectivity index (χ0v) is 81.6. The number of aryl methyl sites for hydroxylation is 4. The van der Waals surface area contributed by atoms with E-state index in [-0.39, 0.29) is 70.6 Å². The van der Waals surface area contributed by atoms with Crippen LogP contribution in [0.15, 0.2) is 123 Å². The molecule has 0 saturated carbocycles. The van der Waals surface area contributed by atoms with E-state index in [1.165, 1.54) is 16.7 Å². The minimum Gasteiger partial charge on any atom is -0.490 e. The number of rotatable bonds is 23. The van der Waals surface area contributed by atoms with Gasteiger partial charge >= 0.3 is 0 Å². The summed E-state index contributed by atoms with van der Waals surface area (Å²) >= 11 is 0. The summed E-state index contributed by atoms with van der Waals surface area (Å²) in [5, 5.41) is 14.1. The van der Waals surface area contributed by atoms with Crippen LogP contribution in [0.2, 0.25) is 0 Å². The number of carbonyl (C=O) groups is 2. The van der Waals surface area contributed by atoms with Gasteiger partial charge in [0.25, 0.3) is 0 Å². The maximum atomic E-state index is 12.7. The molecule has 6 atom stereocenters. The molecular weight excluding hydrogens is 1800 g/mol. The zero-order valence-electron chi connectivity index (χ0n) is 78.3. The van der Waals surface area contributed by atoms with Crippen LogP contribution in [-0.2, 0) is 87.9 Å². The molecule has 0 radical (unpaired) electrons. The Morgan fingerprint density at radius 1 is 0.331 bits per heavy atom. The number of piperidine rings is 6. The van der Waals surface area contributed by atoms with Crippen molar-refractivity contribution in [2.24, 2.45) is 0 Å². The Hall–Kier alpha value is -9.74. The Balaban J connectivity index is 0.000000144. The molecule has 34 heteroatoms. The molecule has 30 nitrogen and oxygen atoms in total. The fourth-order valence-corrected chi connectivity index (χ4v) is 24.5. The van der Waals surface area contributed by atoms with Crippen molar-refractivity contribution in [2.45, 2.75) is 278 Å². The first-order valence-electron chi connectivity index (χ1n) is 48.5. The van der Waals surface area contributed by atoms with Crippen LogP contribution < -0.4 is 59.8 Å². The number of likely N-dealkylation sites (tertiary alicyclic amines) is 2. The van der Waals surface area contributed by atoms with Crippen molar-refractivity contribution in [3.8, 4) is 23.0 Å². The lowest BCUT2D eigenvalue weighted by Gasteiger charge is -2.34. The molecule has 2 amide bonds. The average Bonchev–Trinajstić information content (AvgIpc) is 1.63. The molecule has 4 aromatic heterocycles. The minimum absolute atomic E-state index is 0. The number of benzene rings is 4. The monoisotopic (exact) mass is 1940 g/mol. The van der Waals surface area contributed by atoms with Crippen LogP contribution in [0.4, 0.5) is 47.1 Å². The second-order valence-electron chi connectivity index (χ2n) is 37.8. The van der Waals surface area contributed by atoms with Crippen molar-refractivity contribution in [1.82, 2.24) is 49.7 Å². The summed E-state index contributed by atoms with van der Waals surface area (Å²) in [4.78, 5) is 78.1. The molecule has 16 heterocycles. The molecule has 20 rings (SSSR count). The smallest absolute Gasteiger partial charge is 0.227 e. The molecule has 0 aliphatic carbocycles. The zero-order chi connectivity index (χ0) is 92.2. The van der Waals surface area contributed by atoms with E-state index < -0.39 is 43.2 Å². The summed E-state index contributed by atoms with van der Waals surface area (Å²) in [6.07, 6.45) is 17.4. The summed E-state index contributed by atoms with van der Waals surface area (Å²) in [7, 11) is -0.538. The van der Waals surface area contributed by atoms with Crippen LogP contribution in [0.5, 0.6) is 23.0 Å². The lowest BCUT2D eigenvalue weighted by molar-refractivity contribution is -0.132. The highest BCUT2D eigenvalue weighted by Crippen LogP contribution is 2.40. The van der Waals surface area contributed by atoms with Gasteiger partial charge in [0.05, 0.1) is 66.0 Å². The van der Waals surface area contributed by atoms with Crippen molar-refractivity contribution < 1.29 is 54.8 Å². The van der Waals surface area contributed by atoms with Crippen LogP contribution in [0.25, 0.3) is 0 Å². The van der Waals surface area contributed by atoms with Crippen LogP contribution in [0, 0.1) is 0 Å². The largest absolute Gasteiger partial charge is 0.490 e. The number of nitrogens with one attached hydrogen (secondary N) is 4. The average molecular weight is 1940 g/mol. The number of hydrogen-bond donors (Lipinski definition) is 4. The van der Waals surface area contributed by atoms with Gasteiger partial charge in [-0.3, -0.25) is 26.4 Å². The fourth-order valence-electron chi connectivity index (χ4n) is 19.3. The van der Waals surface area contributed by atoms with E-state index in [2.05, 4.69) is 149 Å². The van der Waals surface area contributed by atoms with E-state index in [4.69, 9.17) is 68.3 Å². The quantitative estimate of drug-likeness (QED) is 0.0462. The molecule has 12 aliphatic rings. The number of nitrogens with zero attached hydrogens (tertiary/aromatic N) is 14.